The smallest absolute Gasteiger partial charge is 0.251 e. The molecule has 2 rings (SSSR count). The van der Waals surface area contributed by atoms with Crippen LogP contribution in [0.4, 0.5) is 4.39 Å². The van der Waals surface area contributed by atoms with Crippen molar-refractivity contribution in [2.24, 2.45) is 0 Å². The summed E-state index contributed by atoms with van der Waals surface area (Å²) in [7, 11) is 0. The Hall–Kier alpha value is -1.69. The number of hydrogen-bond acceptors (Lipinski definition) is 2. The van der Waals surface area contributed by atoms with Crippen LogP contribution in [0.5, 0.6) is 0 Å². The van der Waals surface area contributed by atoms with E-state index in [1.54, 1.807) is 18.3 Å². The summed E-state index contributed by atoms with van der Waals surface area (Å²) < 4.78 is 13.6. The number of aromatic nitrogens is 2. The maximum atomic E-state index is 13.1. The van der Waals surface area contributed by atoms with Crippen LogP contribution in [0.25, 0.3) is 0 Å². The molecule has 0 saturated carbocycles. The largest absolute Gasteiger partial charge is 0.346 e. The summed E-state index contributed by atoms with van der Waals surface area (Å²) in [5, 5.41) is 9.13. The monoisotopic (exact) mass is 297 g/mol. The quantitative estimate of drug-likeness (QED) is 0.913. The van der Waals surface area contributed by atoms with E-state index in [2.05, 4.69) is 31.4 Å². The van der Waals surface area contributed by atoms with Crippen molar-refractivity contribution in [1.29, 1.82) is 0 Å². The Balaban J connectivity index is 2.04. The number of nitrogens with zero attached hydrogens (tertiary/aromatic N) is 1. The standard InChI is InChI=1S/C11H9BrFN3O/c12-8-3-7(4-9(13)5-8)11(17)14-6-10-1-2-15-16-10/h1-5H,6H2,(H,14,17)(H,15,16). The van der Waals surface area contributed by atoms with Gasteiger partial charge in [0.05, 0.1) is 12.2 Å². The highest BCUT2D eigenvalue weighted by atomic mass is 79.9. The summed E-state index contributed by atoms with van der Waals surface area (Å²) in [6, 6.07) is 5.80. The van der Waals surface area contributed by atoms with E-state index >= 15 is 0 Å². The number of carbonyl (C=O) groups is 1. The van der Waals surface area contributed by atoms with E-state index in [4.69, 9.17) is 0 Å². The van der Waals surface area contributed by atoms with Gasteiger partial charge in [-0.25, -0.2) is 4.39 Å². The summed E-state index contributed by atoms with van der Waals surface area (Å²) in [6.45, 7) is 0.326. The zero-order valence-electron chi connectivity index (χ0n) is 8.71. The third-order valence-electron chi connectivity index (χ3n) is 2.12. The summed E-state index contributed by atoms with van der Waals surface area (Å²) in [6.07, 6.45) is 1.60. The molecule has 0 radical (unpaired) electrons. The molecule has 0 fully saturated rings. The third-order valence-corrected chi connectivity index (χ3v) is 2.58. The minimum Gasteiger partial charge on any atom is -0.346 e. The molecule has 0 bridgehead atoms. The van der Waals surface area contributed by atoms with Gasteiger partial charge in [0.25, 0.3) is 5.91 Å². The first-order valence-corrected chi connectivity index (χ1v) is 5.67. The lowest BCUT2D eigenvalue weighted by Gasteiger charge is -2.04. The summed E-state index contributed by atoms with van der Waals surface area (Å²) >= 11 is 3.13. The molecule has 4 nitrogen and oxygen atoms in total. The molecule has 88 valence electrons. The van der Waals surface area contributed by atoms with Crippen molar-refractivity contribution < 1.29 is 9.18 Å². The Morgan fingerprint density at radius 3 is 2.94 bits per heavy atom. The topological polar surface area (TPSA) is 57.8 Å². The van der Waals surface area contributed by atoms with Gasteiger partial charge in [0.2, 0.25) is 0 Å². The van der Waals surface area contributed by atoms with E-state index in [0.29, 0.717) is 11.0 Å². The molecule has 0 aliphatic heterocycles. The molecular weight excluding hydrogens is 289 g/mol. The van der Waals surface area contributed by atoms with Gasteiger partial charge in [-0.3, -0.25) is 9.89 Å². The number of carbonyl (C=O) groups excluding carboxylic acids is 1. The van der Waals surface area contributed by atoms with Crippen molar-refractivity contribution in [2.45, 2.75) is 6.54 Å². The van der Waals surface area contributed by atoms with Crippen LogP contribution >= 0.6 is 15.9 Å². The van der Waals surface area contributed by atoms with Crippen LogP contribution in [-0.2, 0) is 6.54 Å². The Labute approximate surface area is 105 Å². The summed E-state index contributed by atoms with van der Waals surface area (Å²) in [4.78, 5) is 11.7. The number of hydrogen-bond donors (Lipinski definition) is 2. The molecule has 1 amide bonds. The molecule has 6 heteroatoms. The van der Waals surface area contributed by atoms with Gasteiger partial charge in [0.15, 0.2) is 0 Å². The molecule has 17 heavy (non-hydrogen) atoms. The van der Waals surface area contributed by atoms with E-state index in [0.717, 1.165) is 5.69 Å². The molecule has 1 heterocycles. The van der Waals surface area contributed by atoms with Crippen LogP contribution in [0.3, 0.4) is 0 Å². The molecule has 2 aromatic rings. The maximum absolute atomic E-state index is 13.1. The lowest BCUT2D eigenvalue weighted by atomic mass is 10.2. The lowest BCUT2D eigenvalue weighted by molar-refractivity contribution is 0.0950. The minimum atomic E-state index is -0.453. The van der Waals surface area contributed by atoms with Gasteiger partial charge in [0, 0.05) is 16.2 Å². The van der Waals surface area contributed by atoms with Crippen molar-refractivity contribution in [2.75, 3.05) is 0 Å². The van der Waals surface area contributed by atoms with Gasteiger partial charge >= 0.3 is 0 Å². The number of amides is 1. The zero-order chi connectivity index (χ0) is 12.3. The average Bonchev–Trinajstić information content (AvgIpc) is 2.77. The van der Waals surface area contributed by atoms with E-state index < -0.39 is 5.82 Å². The van der Waals surface area contributed by atoms with Crippen LogP contribution < -0.4 is 5.32 Å². The summed E-state index contributed by atoms with van der Waals surface area (Å²) in [5.41, 5.74) is 1.06. The predicted molar refractivity (Wildman–Crippen MR) is 63.9 cm³/mol. The molecule has 0 spiro atoms. The van der Waals surface area contributed by atoms with Crippen molar-refractivity contribution in [3.05, 3.63) is 52.0 Å². The van der Waals surface area contributed by atoms with Crippen LogP contribution in [0.15, 0.2) is 34.9 Å². The third kappa shape index (κ3) is 3.13. The molecule has 0 atom stereocenters. The number of aromatic amines is 1. The fourth-order valence-electron chi connectivity index (χ4n) is 1.35. The average molecular weight is 298 g/mol. The fourth-order valence-corrected chi connectivity index (χ4v) is 1.81. The molecule has 0 aliphatic rings. The van der Waals surface area contributed by atoms with Crippen LogP contribution in [0, 0.1) is 5.82 Å². The van der Waals surface area contributed by atoms with Gasteiger partial charge in [-0.1, -0.05) is 15.9 Å². The second kappa shape index (κ2) is 5.09. The van der Waals surface area contributed by atoms with Crippen molar-refractivity contribution >= 4 is 21.8 Å². The Morgan fingerprint density at radius 2 is 2.29 bits per heavy atom. The molecule has 0 saturated heterocycles. The van der Waals surface area contributed by atoms with Gasteiger partial charge in [-0.2, -0.15) is 5.10 Å². The van der Waals surface area contributed by atoms with Crippen molar-refractivity contribution in [3.8, 4) is 0 Å². The Bertz CT molecular complexity index is 507. The summed E-state index contributed by atoms with van der Waals surface area (Å²) in [5.74, 6) is -0.786. The number of rotatable bonds is 3. The first-order valence-electron chi connectivity index (χ1n) is 4.88. The molecule has 0 unspecified atom stereocenters. The molecule has 1 aromatic carbocycles. The van der Waals surface area contributed by atoms with Gasteiger partial charge in [-0.15, -0.1) is 0 Å². The predicted octanol–water partition coefficient (Wildman–Crippen LogP) is 2.24. The zero-order valence-corrected chi connectivity index (χ0v) is 10.3. The van der Waals surface area contributed by atoms with E-state index in [1.807, 2.05) is 0 Å². The first kappa shape index (κ1) is 11.8. The SMILES string of the molecule is O=C(NCc1ccn[nH]1)c1cc(F)cc(Br)c1. The maximum Gasteiger partial charge on any atom is 0.251 e. The second-order valence-electron chi connectivity index (χ2n) is 3.42. The second-order valence-corrected chi connectivity index (χ2v) is 4.34. The highest BCUT2D eigenvalue weighted by Crippen LogP contribution is 2.14. The Kier molecular flexibility index (Phi) is 3.53. The van der Waals surface area contributed by atoms with E-state index in [-0.39, 0.29) is 11.5 Å². The molecular formula is C11H9BrFN3O. The normalized spacial score (nSPS) is 10.2. The van der Waals surface area contributed by atoms with Gasteiger partial charge in [-0.05, 0) is 24.3 Å². The van der Waals surface area contributed by atoms with E-state index in [1.165, 1.54) is 12.1 Å². The lowest BCUT2D eigenvalue weighted by Crippen LogP contribution is -2.23. The Morgan fingerprint density at radius 1 is 1.47 bits per heavy atom. The minimum absolute atomic E-state index is 0.274. The van der Waals surface area contributed by atoms with Gasteiger partial charge < -0.3 is 5.32 Å². The first-order chi connectivity index (χ1) is 8.15. The number of nitrogens with one attached hydrogen (secondary N) is 2. The van der Waals surface area contributed by atoms with E-state index in [9.17, 15) is 9.18 Å². The highest BCUT2D eigenvalue weighted by molar-refractivity contribution is 9.10. The van der Waals surface area contributed by atoms with Crippen LogP contribution in [0.2, 0.25) is 0 Å². The molecule has 1 aromatic heterocycles. The van der Waals surface area contributed by atoms with Crippen LogP contribution in [0.1, 0.15) is 16.1 Å². The van der Waals surface area contributed by atoms with Gasteiger partial charge in [0.1, 0.15) is 5.82 Å². The molecule has 2 N–H and O–H groups in total. The van der Waals surface area contributed by atoms with Crippen LogP contribution in [-0.4, -0.2) is 16.1 Å². The number of benzene rings is 1. The highest BCUT2D eigenvalue weighted by Gasteiger charge is 2.08. The fraction of sp³-hybridized carbons (Fsp3) is 0.0909. The molecule has 0 aliphatic carbocycles. The number of halogens is 2. The van der Waals surface area contributed by atoms with Crippen molar-refractivity contribution in [3.63, 3.8) is 0 Å². The number of H-pyrrole nitrogens is 1. The van der Waals surface area contributed by atoms with Crippen molar-refractivity contribution in [1.82, 2.24) is 15.5 Å².